The number of thiazole rings is 1. The lowest BCUT2D eigenvalue weighted by atomic mass is 9.95. The van der Waals surface area contributed by atoms with E-state index in [4.69, 9.17) is 37.7 Å². The first kappa shape index (κ1) is 24.7. The van der Waals surface area contributed by atoms with Crippen molar-refractivity contribution in [2.45, 2.75) is 19.9 Å². The SMILES string of the molecule is Cc1cc(C)c2nc(N3C(=O)C(=O)C(=C(O)c4ccc5c(c4)OCCO5)[C@H]3c3ccc(Cl)c(Cl)c3)sc2c1. The van der Waals surface area contributed by atoms with Crippen molar-refractivity contribution in [3.05, 3.63) is 86.4 Å². The van der Waals surface area contributed by atoms with Crippen molar-refractivity contribution in [2.24, 2.45) is 0 Å². The molecule has 0 unspecified atom stereocenters. The number of hydrogen-bond donors (Lipinski definition) is 1. The van der Waals surface area contributed by atoms with E-state index in [1.165, 1.54) is 16.2 Å². The van der Waals surface area contributed by atoms with Gasteiger partial charge in [0, 0.05) is 5.56 Å². The van der Waals surface area contributed by atoms with Gasteiger partial charge in [0.05, 0.1) is 31.9 Å². The number of ketones is 1. The Bertz CT molecular complexity index is 1700. The van der Waals surface area contributed by atoms with Gasteiger partial charge in [-0.3, -0.25) is 14.5 Å². The van der Waals surface area contributed by atoms with Gasteiger partial charge in [-0.25, -0.2) is 4.98 Å². The predicted molar refractivity (Wildman–Crippen MR) is 148 cm³/mol. The van der Waals surface area contributed by atoms with Gasteiger partial charge >= 0.3 is 5.91 Å². The number of aliphatic hydroxyl groups excluding tert-OH is 1. The fraction of sp³-hybridized carbons (Fsp3) is 0.179. The van der Waals surface area contributed by atoms with Crippen molar-refractivity contribution in [1.82, 2.24) is 4.98 Å². The van der Waals surface area contributed by atoms with E-state index in [9.17, 15) is 14.7 Å². The Balaban J connectivity index is 1.56. The number of aliphatic hydroxyl groups is 1. The van der Waals surface area contributed by atoms with Gasteiger partial charge in [-0.2, -0.15) is 0 Å². The average molecular weight is 567 g/mol. The minimum atomic E-state index is -0.986. The number of ether oxygens (including phenoxy) is 2. The molecule has 10 heteroatoms. The molecule has 1 atom stereocenters. The van der Waals surface area contributed by atoms with E-state index in [-0.39, 0.29) is 16.4 Å². The zero-order valence-electron chi connectivity index (χ0n) is 20.2. The van der Waals surface area contributed by atoms with Crippen molar-refractivity contribution in [1.29, 1.82) is 0 Å². The second kappa shape index (κ2) is 9.31. The van der Waals surface area contributed by atoms with Gasteiger partial charge in [-0.05, 0) is 66.9 Å². The quantitative estimate of drug-likeness (QED) is 0.170. The summed E-state index contributed by atoms with van der Waals surface area (Å²) in [4.78, 5) is 33.1. The number of benzene rings is 3. The number of carbonyl (C=O) groups excluding carboxylic acids is 2. The van der Waals surface area contributed by atoms with Gasteiger partial charge in [0.2, 0.25) is 0 Å². The van der Waals surface area contributed by atoms with E-state index in [1.807, 2.05) is 26.0 Å². The fourth-order valence-corrected chi connectivity index (χ4v) is 6.31. The van der Waals surface area contributed by atoms with Crippen LogP contribution < -0.4 is 14.4 Å². The molecule has 1 saturated heterocycles. The van der Waals surface area contributed by atoms with E-state index in [1.54, 1.807) is 36.4 Å². The summed E-state index contributed by atoms with van der Waals surface area (Å²) in [5.74, 6) is -0.992. The third kappa shape index (κ3) is 4.00. The maximum Gasteiger partial charge on any atom is 0.301 e. The summed E-state index contributed by atoms with van der Waals surface area (Å²) < 4.78 is 12.1. The van der Waals surface area contributed by atoms with Gasteiger partial charge in [-0.15, -0.1) is 0 Å². The van der Waals surface area contributed by atoms with Crippen LogP contribution in [-0.4, -0.2) is 35.0 Å². The Morgan fingerprint density at radius 2 is 1.76 bits per heavy atom. The van der Waals surface area contributed by atoms with Crippen molar-refractivity contribution >= 4 is 67.3 Å². The van der Waals surface area contributed by atoms with Crippen LogP contribution in [0.1, 0.15) is 28.3 Å². The van der Waals surface area contributed by atoms with Crippen LogP contribution in [0.3, 0.4) is 0 Å². The molecule has 3 aromatic carbocycles. The molecule has 0 spiro atoms. The summed E-state index contributed by atoms with van der Waals surface area (Å²) in [7, 11) is 0. The Kier molecular flexibility index (Phi) is 6.06. The number of aromatic nitrogens is 1. The van der Waals surface area contributed by atoms with Crippen LogP contribution in [-0.2, 0) is 9.59 Å². The standard InChI is InChI=1S/C28H20Cl2N2O5S/c1-13-9-14(2)23-21(10-13)38-28(31-23)32-24(15-3-5-17(29)18(30)11-15)22(26(34)27(32)35)25(33)16-4-6-19-20(12-16)37-8-7-36-19/h3-6,9-12,24,33H,7-8H2,1-2H3/t24-/m1/s1. The molecule has 6 rings (SSSR count). The molecule has 192 valence electrons. The molecule has 4 aromatic rings. The van der Waals surface area contributed by atoms with E-state index in [2.05, 4.69) is 0 Å². The van der Waals surface area contributed by atoms with Crippen molar-refractivity contribution in [2.75, 3.05) is 18.1 Å². The lowest BCUT2D eigenvalue weighted by Crippen LogP contribution is -2.29. The molecule has 2 aliphatic rings. The highest BCUT2D eigenvalue weighted by molar-refractivity contribution is 7.22. The molecule has 2 aliphatic heterocycles. The molecular formula is C28H20Cl2N2O5S. The van der Waals surface area contributed by atoms with Crippen LogP contribution in [0, 0.1) is 13.8 Å². The minimum absolute atomic E-state index is 0.0859. The molecule has 3 heterocycles. The highest BCUT2D eigenvalue weighted by Gasteiger charge is 2.48. The van der Waals surface area contributed by atoms with Gasteiger partial charge in [-0.1, -0.05) is 46.7 Å². The Morgan fingerprint density at radius 3 is 2.53 bits per heavy atom. The normalized spacial score (nSPS) is 18.4. The second-order valence-electron chi connectivity index (χ2n) is 9.13. The fourth-order valence-electron chi connectivity index (χ4n) is 4.84. The third-order valence-corrected chi connectivity index (χ3v) is 8.28. The van der Waals surface area contributed by atoms with Crippen LogP contribution in [0.5, 0.6) is 11.5 Å². The number of amides is 1. The Hall–Kier alpha value is -3.59. The van der Waals surface area contributed by atoms with E-state index >= 15 is 0 Å². The van der Waals surface area contributed by atoms with Gasteiger partial charge < -0.3 is 14.6 Å². The number of anilines is 1. The molecule has 1 aromatic heterocycles. The lowest BCUT2D eigenvalue weighted by molar-refractivity contribution is -0.132. The molecular weight excluding hydrogens is 547 g/mol. The van der Waals surface area contributed by atoms with E-state index in [0.29, 0.717) is 46.0 Å². The van der Waals surface area contributed by atoms with E-state index < -0.39 is 17.7 Å². The first-order chi connectivity index (χ1) is 18.2. The summed E-state index contributed by atoms with van der Waals surface area (Å²) in [6.45, 7) is 4.72. The van der Waals surface area contributed by atoms with Crippen molar-refractivity contribution in [3.63, 3.8) is 0 Å². The number of hydrogen-bond acceptors (Lipinski definition) is 7. The van der Waals surface area contributed by atoms with Crippen LogP contribution in [0.2, 0.25) is 10.0 Å². The summed E-state index contributed by atoms with van der Waals surface area (Å²) in [6, 6.07) is 12.7. The number of Topliss-reactive ketones (excluding diaryl/α,β-unsaturated/α-hetero) is 1. The molecule has 1 amide bonds. The minimum Gasteiger partial charge on any atom is -0.507 e. The van der Waals surface area contributed by atoms with Crippen molar-refractivity contribution < 1.29 is 24.2 Å². The number of nitrogens with zero attached hydrogens (tertiary/aromatic N) is 2. The summed E-state index contributed by atoms with van der Waals surface area (Å²) >= 11 is 13.8. The summed E-state index contributed by atoms with van der Waals surface area (Å²) in [5.41, 5.74) is 3.50. The maximum atomic E-state index is 13.5. The topological polar surface area (TPSA) is 89.0 Å². The first-order valence-corrected chi connectivity index (χ1v) is 13.3. The van der Waals surface area contributed by atoms with Gasteiger partial charge in [0.15, 0.2) is 16.6 Å². The molecule has 0 aliphatic carbocycles. The molecule has 7 nitrogen and oxygen atoms in total. The molecule has 38 heavy (non-hydrogen) atoms. The highest BCUT2D eigenvalue weighted by atomic mass is 35.5. The second-order valence-corrected chi connectivity index (χ2v) is 10.9. The summed E-state index contributed by atoms with van der Waals surface area (Å²) in [6.07, 6.45) is 0. The van der Waals surface area contributed by atoms with Crippen LogP contribution >= 0.6 is 34.5 Å². The molecule has 1 fully saturated rings. The zero-order chi connectivity index (χ0) is 26.7. The number of fused-ring (bicyclic) bond motifs is 2. The van der Waals surface area contributed by atoms with Gasteiger partial charge in [0.25, 0.3) is 5.78 Å². The smallest absolute Gasteiger partial charge is 0.301 e. The monoisotopic (exact) mass is 566 g/mol. The third-order valence-electron chi connectivity index (χ3n) is 6.54. The summed E-state index contributed by atoms with van der Waals surface area (Å²) in [5, 5.41) is 12.4. The number of rotatable bonds is 3. The number of halogens is 2. The first-order valence-electron chi connectivity index (χ1n) is 11.8. The zero-order valence-corrected chi connectivity index (χ0v) is 22.6. The number of carbonyl (C=O) groups is 2. The molecule has 0 saturated carbocycles. The maximum absolute atomic E-state index is 13.5. The molecule has 0 bridgehead atoms. The van der Waals surface area contributed by atoms with Crippen LogP contribution in [0.4, 0.5) is 5.13 Å². The largest absolute Gasteiger partial charge is 0.507 e. The number of aryl methyl sites for hydroxylation is 2. The predicted octanol–water partition coefficient (Wildman–Crippen LogP) is 6.62. The van der Waals surface area contributed by atoms with Gasteiger partial charge in [0.1, 0.15) is 19.0 Å². The van der Waals surface area contributed by atoms with E-state index in [0.717, 1.165) is 21.3 Å². The Labute approximate surface area is 231 Å². The molecule has 0 radical (unpaired) electrons. The average Bonchev–Trinajstić information content (AvgIpc) is 3.43. The van der Waals surface area contributed by atoms with Crippen molar-refractivity contribution in [3.8, 4) is 11.5 Å². The lowest BCUT2D eigenvalue weighted by Gasteiger charge is -2.23. The van der Waals surface area contributed by atoms with Crippen LogP contribution in [0.25, 0.3) is 16.0 Å². The van der Waals surface area contributed by atoms with Crippen LogP contribution in [0.15, 0.2) is 54.1 Å². The highest BCUT2D eigenvalue weighted by Crippen LogP contribution is 2.46. The Morgan fingerprint density at radius 1 is 1.00 bits per heavy atom. The molecule has 1 N–H and O–H groups in total.